The molecule has 1 aromatic heterocycles. The summed E-state index contributed by atoms with van der Waals surface area (Å²) in [5, 5.41) is 18.1. The van der Waals surface area contributed by atoms with Crippen LogP contribution in [0.3, 0.4) is 0 Å². The van der Waals surface area contributed by atoms with Crippen molar-refractivity contribution >= 4 is 31.3 Å². The summed E-state index contributed by atoms with van der Waals surface area (Å²) in [5.41, 5.74) is -0.0199. The summed E-state index contributed by atoms with van der Waals surface area (Å²) in [7, 11) is -8.47. The Kier molecular flexibility index (Phi) is 7.05. The smallest absolute Gasteiger partial charge is 0.281 e. The molecule has 1 N–H and O–H groups in total. The zero-order valence-corrected chi connectivity index (χ0v) is 20.2. The van der Waals surface area contributed by atoms with Crippen LogP contribution in [-0.4, -0.2) is 31.1 Å². The SMILES string of the molecule is CCn1c(O)c(CS(=O)(=O)[O-])c(C)c(N=Nc2ccc(S(=O)(=O)c3ccc(C)cc3)cc2)c1=O. The quantitative estimate of drug-likeness (QED) is 0.381. The Balaban J connectivity index is 1.99. The second-order valence-electron chi connectivity index (χ2n) is 7.54. The van der Waals surface area contributed by atoms with Gasteiger partial charge in [-0.05, 0) is 62.7 Å². The van der Waals surface area contributed by atoms with Crippen LogP contribution in [-0.2, 0) is 32.3 Å². The summed E-state index contributed by atoms with van der Waals surface area (Å²) in [6.07, 6.45) is 0. The van der Waals surface area contributed by atoms with Crippen LogP contribution in [0.25, 0.3) is 0 Å². The molecule has 0 saturated carbocycles. The standard InChI is InChI=1S/C22H23N3O7S2/c1-4-25-21(26)19(13-33(28,29)30)15(3)20(22(25)27)24-23-16-7-11-18(12-8-16)34(31,32)17-9-5-14(2)6-10-17/h5-12,26H,4,13H2,1-3H3,(H,28,29,30)/p-1. The molecule has 34 heavy (non-hydrogen) atoms. The number of rotatable bonds is 7. The molecular weight excluding hydrogens is 482 g/mol. The fourth-order valence-electron chi connectivity index (χ4n) is 3.27. The van der Waals surface area contributed by atoms with Gasteiger partial charge in [-0.3, -0.25) is 9.36 Å². The van der Waals surface area contributed by atoms with Gasteiger partial charge in [-0.1, -0.05) is 17.7 Å². The van der Waals surface area contributed by atoms with Gasteiger partial charge in [-0.15, -0.1) is 5.11 Å². The largest absolute Gasteiger partial charge is 0.748 e. The number of hydrogen-bond donors (Lipinski definition) is 1. The van der Waals surface area contributed by atoms with E-state index in [4.69, 9.17) is 0 Å². The average molecular weight is 505 g/mol. The van der Waals surface area contributed by atoms with E-state index in [2.05, 4.69) is 10.2 Å². The van der Waals surface area contributed by atoms with Gasteiger partial charge in [0.15, 0.2) is 11.6 Å². The molecule has 0 unspecified atom stereocenters. The molecule has 0 radical (unpaired) electrons. The van der Waals surface area contributed by atoms with Crippen LogP contribution in [0.15, 0.2) is 73.3 Å². The van der Waals surface area contributed by atoms with Crippen LogP contribution in [0.5, 0.6) is 5.88 Å². The average Bonchev–Trinajstić information content (AvgIpc) is 2.77. The number of benzene rings is 2. The van der Waals surface area contributed by atoms with E-state index >= 15 is 0 Å². The van der Waals surface area contributed by atoms with Gasteiger partial charge < -0.3 is 9.66 Å². The number of azo groups is 1. The third-order valence-corrected chi connectivity index (χ3v) is 7.59. The highest BCUT2D eigenvalue weighted by Crippen LogP contribution is 2.29. The first kappa shape index (κ1) is 25.3. The van der Waals surface area contributed by atoms with Gasteiger partial charge in [-0.25, -0.2) is 16.8 Å². The van der Waals surface area contributed by atoms with E-state index in [0.717, 1.165) is 10.1 Å². The van der Waals surface area contributed by atoms with Gasteiger partial charge >= 0.3 is 0 Å². The normalized spacial score (nSPS) is 12.4. The molecule has 0 atom stereocenters. The lowest BCUT2D eigenvalue weighted by Crippen LogP contribution is -2.22. The number of nitrogens with zero attached hydrogens (tertiary/aromatic N) is 3. The Labute approximate surface area is 196 Å². The van der Waals surface area contributed by atoms with E-state index in [1.165, 1.54) is 43.3 Å². The first-order chi connectivity index (χ1) is 15.8. The maximum absolute atomic E-state index is 12.8. The van der Waals surface area contributed by atoms with Crippen molar-refractivity contribution in [3.8, 4) is 5.88 Å². The third kappa shape index (κ3) is 5.24. The lowest BCUT2D eigenvalue weighted by Gasteiger charge is -2.16. The minimum atomic E-state index is -4.74. The van der Waals surface area contributed by atoms with Crippen LogP contribution in [0.2, 0.25) is 0 Å². The summed E-state index contributed by atoms with van der Waals surface area (Å²) >= 11 is 0. The van der Waals surface area contributed by atoms with Gasteiger partial charge in [0.25, 0.3) is 5.56 Å². The highest BCUT2D eigenvalue weighted by Gasteiger charge is 2.20. The summed E-state index contributed by atoms with van der Waals surface area (Å²) in [4.78, 5) is 12.9. The molecular formula is C22H22N3O7S2-. The third-order valence-electron chi connectivity index (χ3n) is 5.16. The molecule has 3 aromatic rings. The Morgan fingerprint density at radius 2 is 1.44 bits per heavy atom. The van der Waals surface area contributed by atoms with Gasteiger partial charge in [-0.2, -0.15) is 5.11 Å². The number of pyridine rings is 1. The second kappa shape index (κ2) is 9.49. The van der Waals surface area contributed by atoms with Crippen LogP contribution < -0.4 is 5.56 Å². The molecule has 0 fully saturated rings. The molecule has 0 aliphatic carbocycles. The highest BCUT2D eigenvalue weighted by atomic mass is 32.2. The Bertz CT molecular complexity index is 1520. The molecule has 0 aliphatic heterocycles. The summed E-state index contributed by atoms with van der Waals surface area (Å²) < 4.78 is 60.2. The fourth-order valence-corrected chi connectivity index (χ4v) is 5.23. The number of hydrogen-bond acceptors (Lipinski definition) is 9. The van der Waals surface area contributed by atoms with Crippen molar-refractivity contribution in [3.63, 3.8) is 0 Å². The van der Waals surface area contributed by atoms with Crippen LogP contribution in [0, 0.1) is 13.8 Å². The number of aromatic hydroxyl groups is 1. The monoisotopic (exact) mass is 504 g/mol. The molecule has 3 rings (SSSR count). The first-order valence-electron chi connectivity index (χ1n) is 10.1. The highest BCUT2D eigenvalue weighted by molar-refractivity contribution is 7.91. The maximum atomic E-state index is 12.8. The van der Waals surface area contributed by atoms with Crippen molar-refractivity contribution in [2.75, 3.05) is 0 Å². The Morgan fingerprint density at radius 3 is 1.94 bits per heavy atom. The zero-order valence-electron chi connectivity index (χ0n) is 18.6. The van der Waals surface area contributed by atoms with Gasteiger partial charge in [0, 0.05) is 12.1 Å². The number of sulfone groups is 1. The van der Waals surface area contributed by atoms with E-state index in [-0.39, 0.29) is 38.8 Å². The lowest BCUT2D eigenvalue weighted by molar-refractivity contribution is 0.403. The molecule has 2 aromatic carbocycles. The molecule has 1 heterocycles. The van der Waals surface area contributed by atoms with E-state index in [0.29, 0.717) is 0 Å². The van der Waals surface area contributed by atoms with E-state index in [1.807, 2.05) is 6.92 Å². The zero-order chi connectivity index (χ0) is 25.3. The summed E-state index contributed by atoms with van der Waals surface area (Å²) in [6.45, 7) is 4.77. The molecule has 0 bridgehead atoms. The number of aromatic nitrogens is 1. The minimum Gasteiger partial charge on any atom is -0.748 e. The Hall–Kier alpha value is -3.35. The van der Waals surface area contributed by atoms with Crippen molar-refractivity contribution in [3.05, 3.63) is 75.6 Å². The summed E-state index contributed by atoms with van der Waals surface area (Å²) in [5.74, 6) is -1.63. The topological polar surface area (TPSA) is 158 Å². The van der Waals surface area contributed by atoms with Crippen molar-refractivity contribution in [2.45, 2.75) is 42.9 Å². The van der Waals surface area contributed by atoms with Gasteiger partial charge in [0.05, 0.1) is 31.3 Å². The molecule has 12 heteroatoms. The van der Waals surface area contributed by atoms with Gasteiger partial charge in [0.2, 0.25) is 9.84 Å². The number of aryl methyl sites for hydroxylation is 1. The Morgan fingerprint density at radius 1 is 0.912 bits per heavy atom. The van der Waals surface area contributed by atoms with E-state index in [9.17, 15) is 31.3 Å². The molecule has 0 aliphatic rings. The van der Waals surface area contributed by atoms with Gasteiger partial charge in [0.1, 0.15) is 0 Å². The van der Waals surface area contributed by atoms with E-state index < -0.39 is 37.1 Å². The molecule has 10 nitrogen and oxygen atoms in total. The van der Waals surface area contributed by atoms with Crippen molar-refractivity contribution in [1.82, 2.24) is 4.57 Å². The van der Waals surface area contributed by atoms with Crippen molar-refractivity contribution in [1.29, 1.82) is 0 Å². The van der Waals surface area contributed by atoms with Crippen LogP contribution in [0.1, 0.15) is 23.6 Å². The maximum Gasteiger partial charge on any atom is 0.281 e. The predicted molar refractivity (Wildman–Crippen MR) is 123 cm³/mol. The molecule has 0 amide bonds. The molecule has 0 spiro atoms. The minimum absolute atomic E-state index is 0.00490. The van der Waals surface area contributed by atoms with Crippen molar-refractivity contribution < 1.29 is 26.5 Å². The summed E-state index contributed by atoms with van der Waals surface area (Å²) in [6, 6.07) is 12.0. The van der Waals surface area contributed by atoms with Crippen molar-refractivity contribution in [2.24, 2.45) is 10.2 Å². The van der Waals surface area contributed by atoms with E-state index in [1.54, 1.807) is 19.1 Å². The second-order valence-corrected chi connectivity index (χ2v) is 10.9. The predicted octanol–water partition coefficient (Wildman–Crippen LogP) is 3.48. The first-order valence-corrected chi connectivity index (χ1v) is 13.1. The lowest BCUT2D eigenvalue weighted by atomic mass is 10.1. The molecule has 0 saturated heterocycles. The van der Waals surface area contributed by atoms with Crippen LogP contribution in [0.4, 0.5) is 11.4 Å². The fraction of sp³-hybridized carbons (Fsp3) is 0.227. The molecule has 180 valence electrons. The van der Waals surface area contributed by atoms with Crippen LogP contribution >= 0.6 is 0 Å².